The highest BCUT2D eigenvalue weighted by molar-refractivity contribution is 6.18. The summed E-state index contributed by atoms with van der Waals surface area (Å²) in [6, 6.07) is 74.7. The first-order valence-corrected chi connectivity index (χ1v) is 18.5. The van der Waals surface area contributed by atoms with E-state index in [9.17, 15) is 0 Å². The first-order valence-electron chi connectivity index (χ1n) is 18.5. The normalized spacial score (nSPS) is 11.3. The summed E-state index contributed by atoms with van der Waals surface area (Å²) in [5, 5.41) is 4.41. The first-order chi connectivity index (χ1) is 27.3. The van der Waals surface area contributed by atoms with E-state index in [4.69, 9.17) is 9.40 Å². The Morgan fingerprint density at radius 2 is 0.909 bits per heavy atom. The SMILES string of the molecule is c1ccc(-c2nc3ccc4ccc5ccc(N(c6ccccc6)c6cccc(N(c7ccccc7)c7ccccc7-c7ccccc7)c6)cc5c4c3o2)cc1. The van der Waals surface area contributed by atoms with Gasteiger partial charge in [-0.3, -0.25) is 0 Å². The second-order valence-corrected chi connectivity index (χ2v) is 13.6. The van der Waals surface area contributed by atoms with Crippen molar-refractivity contribution in [2.24, 2.45) is 0 Å². The molecule has 55 heavy (non-hydrogen) atoms. The molecule has 10 rings (SSSR count). The number of para-hydroxylation sites is 3. The molecule has 1 heterocycles. The monoisotopic (exact) mass is 705 g/mol. The van der Waals surface area contributed by atoms with Crippen LogP contribution < -0.4 is 9.80 Å². The molecule has 0 aliphatic carbocycles. The van der Waals surface area contributed by atoms with E-state index in [1.54, 1.807) is 0 Å². The molecule has 0 saturated carbocycles. The summed E-state index contributed by atoms with van der Waals surface area (Å²) in [5.74, 6) is 0.621. The Morgan fingerprint density at radius 1 is 0.382 bits per heavy atom. The second-order valence-electron chi connectivity index (χ2n) is 13.6. The van der Waals surface area contributed by atoms with E-state index in [0.717, 1.165) is 77.9 Å². The van der Waals surface area contributed by atoms with Crippen LogP contribution in [0.2, 0.25) is 0 Å². The number of nitrogens with zero attached hydrogens (tertiary/aromatic N) is 3. The van der Waals surface area contributed by atoms with Crippen molar-refractivity contribution in [3.05, 3.63) is 212 Å². The third kappa shape index (κ3) is 5.96. The zero-order valence-electron chi connectivity index (χ0n) is 30.0. The average Bonchev–Trinajstić information content (AvgIpc) is 3.71. The molecule has 0 unspecified atom stereocenters. The van der Waals surface area contributed by atoms with Gasteiger partial charge < -0.3 is 14.2 Å². The van der Waals surface area contributed by atoms with Crippen molar-refractivity contribution in [2.45, 2.75) is 0 Å². The van der Waals surface area contributed by atoms with Crippen molar-refractivity contribution in [1.29, 1.82) is 0 Å². The van der Waals surface area contributed by atoms with Crippen molar-refractivity contribution in [3.8, 4) is 22.6 Å². The molecular formula is C51H35N3O. The van der Waals surface area contributed by atoms with Crippen LogP contribution in [0, 0.1) is 0 Å². The highest BCUT2D eigenvalue weighted by Crippen LogP contribution is 2.44. The average molecular weight is 706 g/mol. The summed E-state index contributed by atoms with van der Waals surface area (Å²) in [5.41, 5.74) is 11.3. The molecule has 0 aliphatic heterocycles. The lowest BCUT2D eigenvalue weighted by Gasteiger charge is -2.30. The number of oxazole rings is 1. The van der Waals surface area contributed by atoms with Gasteiger partial charge in [0, 0.05) is 45.0 Å². The standard InChI is InChI=1S/C51H35N3O/c1-5-16-36(17-6-1)45-26-13-14-27-48(45)54(41-22-11-4-12-23-41)43-25-15-24-42(34-43)53(40-20-9-3-10-21-40)44-32-30-37-28-29-38-31-33-47-50(49(38)46(37)35-44)55-51(52-47)39-18-7-2-8-19-39/h1-35H. The fourth-order valence-electron chi connectivity index (χ4n) is 7.68. The Morgan fingerprint density at radius 3 is 1.64 bits per heavy atom. The molecule has 0 bridgehead atoms. The molecule has 0 saturated heterocycles. The van der Waals surface area contributed by atoms with Crippen molar-refractivity contribution in [3.63, 3.8) is 0 Å². The van der Waals surface area contributed by atoms with Gasteiger partial charge in [-0.15, -0.1) is 0 Å². The van der Waals surface area contributed by atoms with Gasteiger partial charge in [0.2, 0.25) is 5.89 Å². The Kier molecular flexibility index (Phi) is 8.12. The molecule has 4 heteroatoms. The molecule has 0 N–H and O–H groups in total. The smallest absolute Gasteiger partial charge is 0.227 e. The predicted molar refractivity (Wildman–Crippen MR) is 229 cm³/mol. The Hall–Kier alpha value is -7.43. The minimum atomic E-state index is 0.621. The van der Waals surface area contributed by atoms with Crippen LogP contribution in [0.4, 0.5) is 34.1 Å². The van der Waals surface area contributed by atoms with Gasteiger partial charge in [-0.05, 0) is 101 Å². The van der Waals surface area contributed by atoms with Gasteiger partial charge in [0.15, 0.2) is 5.58 Å². The molecule has 260 valence electrons. The zero-order valence-corrected chi connectivity index (χ0v) is 30.0. The molecule has 10 aromatic rings. The molecule has 0 atom stereocenters. The van der Waals surface area contributed by atoms with E-state index < -0.39 is 0 Å². The van der Waals surface area contributed by atoms with Gasteiger partial charge in [-0.25, -0.2) is 4.98 Å². The van der Waals surface area contributed by atoms with Crippen molar-refractivity contribution in [1.82, 2.24) is 4.98 Å². The fraction of sp³-hybridized carbons (Fsp3) is 0. The van der Waals surface area contributed by atoms with Crippen LogP contribution in [0.25, 0.3) is 55.2 Å². The third-order valence-electron chi connectivity index (χ3n) is 10.2. The Balaban J connectivity index is 1.16. The summed E-state index contributed by atoms with van der Waals surface area (Å²) >= 11 is 0. The molecule has 0 aliphatic rings. The fourth-order valence-corrected chi connectivity index (χ4v) is 7.68. The van der Waals surface area contributed by atoms with Gasteiger partial charge in [0.25, 0.3) is 0 Å². The number of aromatic nitrogens is 1. The third-order valence-corrected chi connectivity index (χ3v) is 10.2. The molecular weight excluding hydrogens is 671 g/mol. The maximum atomic E-state index is 6.58. The Labute approximate surface area is 319 Å². The van der Waals surface area contributed by atoms with E-state index in [1.165, 1.54) is 5.56 Å². The lowest BCUT2D eigenvalue weighted by atomic mass is 10.00. The molecule has 0 radical (unpaired) electrons. The van der Waals surface area contributed by atoms with Crippen LogP contribution >= 0.6 is 0 Å². The molecule has 0 amide bonds. The van der Waals surface area contributed by atoms with Crippen LogP contribution in [-0.4, -0.2) is 4.98 Å². The van der Waals surface area contributed by atoms with E-state index in [-0.39, 0.29) is 0 Å². The largest absolute Gasteiger partial charge is 0.435 e. The number of fused-ring (bicyclic) bond motifs is 5. The van der Waals surface area contributed by atoms with Gasteiger partial charge in [0.1, 0.15) is 5.52 Å². The van der Waals surface area contributed by atoms with E-state index in [1.807, 2.05) is 30.3 Å². The first kappa shape index (κ1) is 32.2. The number of hydrogen-bond donors (Lipinski definition) is 0. The quantitative estimate of drug-likeness (QED) is 0.147. The highest BCUT2D eigenvalue weighted by atomic mass is 16.3. The number of benzene rings is 9. The molecule has 0 fully saturated rings. The summed E-state index contributed by atoms with van der Waals surface area (Å²) < 4.78 is 6.58. The summed E-state index contributed by atoms with van der Waals surface area (Å²) in [4.78, 5) is 9.60. The van der Waals surface area contributed by atoms with E-state index >= 15 is 0 Å². The van der Waals surface area contributed by atoms with Crippen molar-refractivity contribution < 1.29 is 4.42 Å². The van der Waals surface area contributed by atoms with Crippen LogP contribution in [0.5, 0.6) is 0 Å². The van der Waals surface area contributed by atoms with Gasteiger partial charge in [-0.1, -0.05) is 133 Å². The van der Waals surface area contributed by atoms with Crippen LogP contribution in [0.1, 0.15) is 0 Å². The summed E-state index contributed by atoms with van der Waals surface area (Å²) in [6.45, 7) is 0. The topological polar surface area (TPSA) is 32.5 Å². The summed E-state index contributed by atoms with van der Waals surface area (Å²) in [6.07, 6.45) is 0. The summed E-state index contributed by atoms with van der Waals surface area (Å²) in [7, 11) is 0. The zero-order chi connectivity index (χ0) is 36.6. The van der Waals surface area contributed by atoms with Crippen molar-refractivity contribution in [2.75, 3.05) is 9.80 Å². The molecule has 9 aromatic carbocycles. The minimum Gasteiger partial charge on any atom is -0.435 e. The number of anilines is 6. The van der Waals surface area contributed by atoms with E-state index in [2.05, 4.69) is 192 Å². The maximum absolute atomic E-state index is 6.58. The van der Waals surface area contributed by atoms with Gasteiger partial charge in [-0.2, -0.15) is 0 Å². The number of rotatable bonds is 8. The number of hydrogen-bond acceptors (Lipinski definition) is 4. The second kappa shape index (κ2) is 13.8. The lowest BCUT2D eigenvalue weighted by Crippen LogP contribution is -2.13. The van der Waals surface area contributed by atoms with Crippen LogP contribution in [-0.2, 0) is 0 Å². The molecule has 1 aromatic heterocycles. The highest BCUT2D eigenvalue weighted by Gasteiger charge is 2.21. The van der Waals surface area contributed by atoms with Gasteiger partial charge >= 0.3 is 0 Å². The van der Waals surface area contributed by atoms with Gasteiger partial charge in [0.05, 0.1) is 5.69 Å². The lowest BCUT2D eigenvalue weighted by molar-refractivity contribution is 0.623. The minimum absolute atomic E-state index is 0.621. The molecule has 4 nitrogen and oxygen atoms in total. The maximum Gasteiger partial charge on any atom is 0.227 e. The Bertz CT molecular complexity index is 2920. The predicted octanol–water partition coefficient (Wildman–Crippen LogP) is 14.4. The van der Waals surface area contributed by atoms with Crippen LogP contribution in [0.3, 0.4) is 0 Å². The molecule has 0 spiro atoms. The van der Waals surface area contributed by atoms with Crippen molar-refractivity contribution >= 4 is 66.8 Å². The van der Waals surface area contributed by atoms with Crippen LogP contribution in [0.15, 0.2) is 217 Å². The van der Waals surface area contributed by atoms with E-state index in [0.29, 0.717) is 5.89 Å².